The van der Waals surface area contributed by atoms with Crippen LogP contribution in [-0.2, 0) is 6.61 Å². The van der Waals surface area contributed by atoms with E-state index in [0.29, 0.717) is 6.54 Å². The molecule has 8 nitrogen and oxygen atoms in total. The van der Waals surface area contributed by atoms with E-state index in [9.17, 15) is 9.90 Å². The fraction of sp³-hybridized carbons (Fsp3) is 0.385. The molecule has 2 atom stereocenters. The number of amides is 1. The third kappa shape index (κ3) is 2.88. The lowest BCUT2D eigenvalue weighted by Gasteiger charge is -2.42. The molecule has 3 rings (SSSR count). The Hall–Kier alpha value is -2.19. The maximum atomic E-state index is 12.1. The summed E-state index contributed by atoms with van der Waals surface area (Å²) in [6, 6.07) is 2.89. The highest BCUT2D eigenvalue weighted by Gasteiger charge is 2.38. The zero-order chi connectivity index (χ0) is 15.7. The van der Waals surface area contributed by atoms with E-state index in [1.165, 1.54) is 11.2 Å². The van der Waals surface area contributed by atoms with Gasteiger partial charge in [0.15, 0.2) is 17.5 Å². The molecule has 1 N–H and O–H groups in total. The van der Waals surface area contributed by atoms with Crippen molar-refractivity contribution in [2.45, 2.75) is 25.7 Å². The number of aliphatic hydroxyl groups excluding tert-OH is 1. The molecule has 0 saturated carbocycles. The smallest absolute Gasteiger partial charge is 0.276 e. The fourth-order valence-electron chi connectivity index (χ4n) is 2.00. The molecule has 1 aliphatic heterocycles. The number of carbonyl (C=O) groups excluding carboxylic acids is 1. The van der Waals surface area contributed by atoms with Crippen LogP contribution < -0.4 is 4.74 Å². The van der Waals surface area contributed by atoms with Crippen LogP contribution in [0.2, 0.25) is 5.15 Å². The molecule has 1 fully saturated rings. The number of aromatic nitrogens is 3. The Kier molecular flexibility index (Phi) is 3.95. The summed E-state index contributed by atoms with van der Waals surface area (Å²) in [6.45, 7) is 2.09. The summed E-state index contributed by atoms with van der Waals surface area (Å²) in [5.41, 5.74) is 0.180. The van der Waals surface area contributed by atoms with Crippen LogP contribution >= 0.6 is 11.6 Å². The molecular weight excluding hydrogens is 312 g/mol. The standard InChI is InChI=1S/C13H13ClN4O4/c1-7-9(19)4-18(7)13(20)8-5-21-12(15-8)6-22-11-3-2-10(14)16-17-11/h2-3,5,7,9,19H,4,6H2,1H3/t7-,9-/m0/s1. The second-order valence-electron chi connectivity index (χ2n) is 4.87. The lowest BCUT2D eigenvalue weighted by atomic mass is 10.0. The number of hydrogen-bond donors (Lipinski definition) is 1. The van der Waals surface area contributed by atoms with E-state index < -0.39 is 6.10 Å². The van der Waals surface area contributed by atoms with Crippen LogP contribution in [0.1, 0.15) is 23.3 Å². The number of ether oxygens (including phenoxy) is 1. The van der Waals surface area contributed by atoms with Gasteiger partial charge in [-0.05, 0) is 13.0 Å². The van der Waals surface area contributed by atoms with Gasteiger partial charge in [-0.1, -0.05) is 11.6 Å². The SMILES string of the molecule is C[C@H]1[C@@H](O)CN1C(=O)c1coc(COc2ccc(Cl)nn2)n1. The van der Waals surface area contributed by atoms with Crippen LogP contribution in [-0.4, -0.2) is 49.8 Å². The molecule has 0 unspecified atom stereocenters. The van der Waals surface area contributed by atoms with Gasteiger partial charge in [-0.15, -0.1) is 10.2 Å². The van der Waals surface area contributed by atoms with Gasteiger partial charge in [0.1, 0.15) is 6.26 Å². The largest absolute Gasteiger partial charge is 0.467 e. The normalized spacial score (nSPS) is 20.6. The predicted octanol–water partition coefficient (Wildman–Crippen LogP) is 0.902. The highest BCUT2D eigenvalue weighted by atomic mass is 35.5. The van der Waals surface area contributed by atoms with Crippen molar-refractivity contribution in [1.29, 1.82) is 0 Å². The van der Waals surface area contributed by atoms with Gasteiger partial charge >= 0.3 is 0 Å². The molecule has 22 heavy (non-hydrogen) atoms. The molecule has 1 amide bonds. The number of nitrogens with zero attached hydrogens (tertiary/aromatic N) is 4. The van der Waals surface area contributed by atoms with Gasteiger partial charge < -0.3 is 19.2 Å². The average molecular weight is 325 g/mol. The van der Waals surface area contributed by atoms with Crippen molar-refractivity contribution in [3.05, 3.63) is 35.1 Å². The number of rotatable bonds is 4. The van der Waals surface area contributed by atoms with Gasteiger partial charge in [0.25, 0.3) is 5.91 Å². The van der Waals surface area contributed by atoms with Gasteiger partial charge in [-0.25, -0.2) is 4.98 Å². The topological polar surface area (TPSA) is 102 Å². The van der Waals surface area contributed by atoms with Crippen LogP contribution in [0, 0.1) is 0 Å². The Labute approximate surface area is 130 Å². The monoisotopic (exact) mass is 324 g/mol. The minimum Gasteiger partial charge on any atom is -0.467 e. The number of β-amino-alcohol motifs (C(OH)–C–C–N with tert-alkyl or cyclic N) is 1. The van der Waals surface area contributed by atoms with Gasteiger partial charge in [-0.3, -0.25) is 4.79 Å². The maximum absolute atomic E-state index is 12.1. The molecular formula is C13H13ClN4O4. The first-order valence-electron chi connectivity index (χ1n) is 6.60. The molecule has 1 saturated heterocycles. The summed E-state index contributed by atoms with van der Waals surface area (Å²) in [5.74, 6) is 0.239. The number of oxazole rings is 1. The Morgan fingerprint density at radius 1 is 1.55 bits per heavy atom. The maximum Gasteiger partial charge on any atom is 0.276 e. The third-order valence-corrected chi connectivity index (χ3v) is 3.62. The van der Waals surface area contributed by atoms with Gasteiger partial charge in [0.2, 0.25) is 11.8 Å². The first-order chi connectivity index (χ1) is 10.5. The van der Waals surface area contributed by atoms with Crippen molar-refractivity contribution in [3.8, 4) is 5.88 Å². The number of carbonyl (C=O) groups is 1. The molecule has 0 aromatic carbocycles. The highest BCUT2D eigenvalue weighted by Crippen LogP contribution is 2.20. The average Bonchev–Trinajstić information content (AvgIpc) is 3.00. The second-order valence-corrected chi connectivity index (χ2v) is 5.26. The Bertz CT molecular complexity index is 675. The Morgan fingerprint density at radius 2 is 2.36 bits per heavy atom. The molecule has 0 bridgehead atoms. The van der Waals surface area contributed by atoms with Gasteiger partial charge in [0.05, 0.1) is 12.1 Å². The Morgan fingerprint density at radius 3 is 3.00 bits per heavy atom. The van der Waals surface area contributed by atoms with Crippen molar-refractivity contribution < 1.29 is 19.1 Å². The third-order valence-electron chi connectivity index (χ3n) is 3.42. The summed E-state index contributed by atoms with van der Waals surface area (Å²) in [4.78, 5) is 17.7. The molecule has 0 radical (unpaired) electrons. The molecule has 0 spiro atoms. The summed E-state index contributed by atoms with van der Waals surface area (Å²) < 4.78 is 10.5. The minimum absolute atomic E-state index is 0.0156. The zero-order valence-corrected chi connectivity index (χ0v) is 12.4. The van der Waals surface area contributed by atoms with E-state index in [1.807, 2.05) is 0 Å². The van der Waals surface area contributed by atoms with Crippen LogP contribution in [0.15, 0.2) is 22.8 Å². The van der Waals surface area contributed by atoms with Crippen LogP contribution in [0.4, 0.5) is 0 Å². The quantitative estimate of drug-likeness (QED) is 0.891. The zero-order valence-electron chi connectivity index (χ0n) is 11.6. The lowest BCUT2D eigenvalue weighted by Crippen LogP contribution is -2.60. The highest BCUT2D eigenvalue weighted by molar-refractivity contribution is 6.29. The number of hydrogen-bond acceptors (Lipinski definition) is 7. The van der Waals surface area contributed by atoms with E-state index in [2.05, 4.69) is 15.2 Å². The van der Waals surface area contributed by atoms with Crippen LogP contribution in [0.25, 0.3) is 0 Å². The van der Waals surface area contributed by atoms with Gasteiger partial charge in [0, 0.05) is 12.6 Å². The molecule has 3 heterocycles. The van der Waals surface area contributed by atoms with E-state index in [-0.39, 0.29) is 41.2 Å². The first kappa shape index (κ1) is 14.7. The van der Waals surface area contributed by atoms with Gasteiger partial charge in [-0.2, -0.15) is 0 Å². The van der Waals surface area contributed by atoms with Crippen LogP contribution in [0.5, 0.6) is 5.88 Å². The van der Waals surface area contributed by atoms with Crippen molar-refractivity contribution in [3.63, 3.8) is 0 Å². The van der Waals surface area contributed by atoms with E-state index >= 15 is 0 Å². The van der Waals surface area contributed by atoms with E-state index in [1.54, 1.807) is 19.1 Å². The Balaban J connectivity index is 1.59. The summed E-state index contributed by atoms with van der Waals surface area (Å²) >= 11 is 5.62. The van der Waals surface area contributed by atoms with Crippen LogP contribution in [0.3, 0.4) is 0 Å². The molecule has 1 aliphatic rings. The van der Waals surface area contributed by atoms with Crippen molar-refractivity contribution in [2.75, 3.05) is 6.54 Å². The van der Waals surface area contributed by atoms with E-state index in [0.717, 1.165) is 0 Å². The van der Waals surface area contributed by atoms with Crippen molar-refractivity contribution >= 4 is 17.5 Å². The lowest BCUT2D eigenvalue weighted by molar-refractivity contribution is -0.0360. The van der Waals surface area contributed by atoms with Crippen molar-refractivity contribution in [2.24, 2.45) is 0 Å². The molecule has 116 valence electrons. The second kappa shape index (κ2) is 5.90. The van der Waals surface area contributed by atoms with E-state index in [4.69, 9.17) is 20.8 Å². The first-order valence-corrected chi connectivity index (χ1v) is 6.98. The molecule has 0 aliphatic carbocycles. The summed E-state index contributed by atoms with van der Waals surface area (Å²) in [7, 11) is 0. The molecule has 9 heteroatoms. The summed E-state index contributed by atoms with van der Waals surface area (Å²) in [5, 5.41) is 17.1. The fourth-order valence-corrected chi connectivity index (χ4v) is 2.10. The minimum atomic E-state index is -0.484. The van der Waals surface area contributed by atoms with Crippen molar-refractivity contribution in [1.82, 2.24) is 20.1 Å². The molecule has 2 aromatic heterocycles. The molecule has 2 aromatic rings. The number of halogens is 1. The predicted molar refractivity (Wildman–Crippen MR) is 74.4 cm³/mol. The number of likely N-dealkylation sites (tertiary alicyclic amines) is 1. The number of aliphatic hydroxyl groups is 1. The summed E-state index contributed by atoms with van der Waals surface area (Å²) in [6.07, 6.45) is 0.786.